The minimum absolute atomic E-state index is 0.00985. The molecule has 0 fully saturated rings. The van der Waals surface area contributed by atoms with E-state index < -0.39 is 10.8 Å². The third-order valence-electron chi connectivity index (χ3n) is 4.89. The van der Waals surface area contributed by atoms with Crippen LogP contribution in [-0.4, -0.2) is 22.5 Å². The zero-order chi connectivity index (χ0) is 24.0. The molecule has 0 spiro atoms. The molecule has 3 aromatic rings. The van der Waals surface area contributed by atoms with Gasteiger partial charge in [-0.2, -0.15) is 0 Å². The fourth-order valence-electron chi connectivity index (χ4n) is 3.37. The number of nitrogens with zero attached hydrogens (tertiary/aromatic N) is 1. The monoisotopic (exact) mass is 483 g/mol. The van der Waals surface area contributed by atoms with Crippen LogP contribution in [0.25, 0.3) is 0 Å². The van der Waals surface area contributed by atoms with E-state index >= 15 is 0 Å². The van der Waals surface area contributed by atoms with Crippen molar-refractivity contribution in [2.45, 2.75) is 31.2 Å². The smallest absolute Gasteiger partial charge is 0.283 e. The van der Waals surface area contributed by atoms with Crippen LogP contribution in [0, 0.1) is 16.0 Å². The Morgan fingerprint density at radius 3 is 2.45 bits per heavy atom. The molecule has 172 valence electrons. The molecule has 2 amide bonds. The molecule has 1 heterocycles. The number of carbonyl (C=O) groups is 2. The number of primary amides is 1. The fourth-order valence-corrected chi connectivity index (χ4v) is 4.99. The van der Waals surface area contributed by atoms with Gasteiger partial charge >= 0.3 is 0 Å². The Kier molecular flexibility index (Phi) is 8.24. The first kappa shape index (κ1) is 24.5. The molecule has 1 aromatic heterocycles. The van der Waals surface area contributed by atoms with Crippen molar-refractivity contribution in [1.82, 2.24) is 5.32 Å². The average Bonchev–Trinajstić information content (AvgIpc) is 3.30. The van der Waals surface area contributed by atoms with Gasteiger partial charge in [0.15, 0.2) is 0 Å². The van der Waals surface area contributed by atoms with Gasteiger partial charge in [-0.1, -0.05) is 44.2 Å². The summed E-state index contributed by atoms with van der Waals surface area (Å²) in [5, 5.41) is 16.4. The molecule has 0 saturated carbocycles. The maximum absolute atomic E-state index is 12.8. The quantitative estimate of drug-likeness (QED) is 0.240. The summed E-state index contributed by atoms with van der Waals surface area (Å²) in [5.41, 5.74) is 7.23. The van der Waals surface area contributed by atoms with E-state index in [1.54, 1.807) is 11.3 Å². The maximum Gasteiger partial charge on any atom is 0.283 e. The predicted octanol–water partition coefficient (Wildman–Crippen LogP) is 4.95. The van der Waals surface area contributed by atoms with Gasteiger partial charge in [0, 0.05) is 16.5 Å². The average molecular weight is 484 g/mol. The highest BCUT2D eigenvalue weighted by molar-refractivity contribution is 8.00. The van der Waals surface area contributed by atoms with Crippen LogP contribution in [-0.2, 0) is 11.2 Å². The van der Waals surface area contributed by atoms with Crippen molar-refractivity contribution in [2.24, 2.45) is 11.7 Å². The second-order valence-electron chi connectivity index (χ2n) is 7.95. The normalized spacial score (nSPS) is 11.8. The third-order valence-corrected chi connectivity index (χ3v) is 6.89. The Morgan fingerprint density at radius 2 is 1.88 bits per heavy atom. The van der Waals surface area contributed by atoms with Gasteiger partial charge in [-0.25, -0.2) is 0 Å². The van der Waals surface area contributed by atoms with E-state index in [0.717, 1.165) is 34.7 Å². The molecular formula is C24H25N3O4S2. The summed E-state index contributed by atoms with van der Waals surface area (Å²) in [7, 11) is 0. The van der Waals surface area contributed by atoms with E-state index in [-0.39, 0.29) is 29.0 Å². The van der Waals surface area contributed by atoms with E-state index in [1.807, 2.05) is 29.6 Å². The molecule has 0 radical (unpaired) electrons. The van der Waals surface area contributed by atoms with Crippen LogP contribution < -0.4 is 11.1 Å². The van der Waals surface area contributed by atoms with E-state index in [0.29, 0.717) is 10.8 Å². The molecule has 2 aromatic carbocycles. The number of nitrogens with one attached hydrogen (secondary N) is 1. The summed E-state index contributed by atoms with van der Waals surface area (Å²) < 4.78 is 0. The number of rotatable bonds is 10. The lowest BCUT2D eigenvalue weighted by Crippen LogP contribution is -2.30. The van der Waals surface area contributed by atoms with Gasteiger partial charge in [-0.3, -0.25) is 19.7 Å². The van der Waals surface area contributed by atoms with Crippen LogP contribution in [0.2, 0.25) is 0 Å². The van der Waals surface area contributed by atoms with Crippen LogP contribution in [0.15, 0.2) is 64.9 Å². The second kappa shape index (κ2) is 11.1. The number of amides is 2. The number of nitro groups is 1. The number of nitro benzene ring substituents is 1. The number of hydrogen-bond acceptors (Lipinski definition) is 6. The molecule has 3 rings (SSSR count). The summed E-state index contributed by atoms with van der Waals surface area (Å²) >= 11 is 2.60. The minimum atomic E-state index is -0.745. The van der Waals surface area contributed by atoms with Crippen molar-refractivity contribution in [3.63, 3.8) is 0 Å². The summed E-state index contributed by atoms with van der Waals surface area (Å²) in [4.78, 5) is 36.2. The SMILES string of the molecule is CC(C)Cc1ccc(C(NC(=O)CSc2ccc(C(N)=O)cc2[N+](=O)[O-])c2cccs2)cc1. The highest BCUT2D eigenvalue weighted by atomic mass is 32.2. The van der Waals surface area contributed by atoms with Crippen molar-refractivity contribution in [3.05, 3.63) is 91.7 Å². The van der Waals surface area contributed by atoms with Gasteiger partial charge in [-0.05, 0) is 47.0 Å². The van der Waals surface area contributed by atoms with Crippen molar-refractivity contribution in [3.8, 4) is 0 Å². The van der Waals surface area contributed by atoms with E-state index in [9.17, 15) is 19.7 Å². The first-order chi connectivity index (χ1) is 15.7. The topological polar surface area (TPSA) is 115 Å². The standard InChI is InChI=1S/C24H25N3O4S2/c1-15(2)12-16-5-7-17(8-6-16)23(21-4-3-11-32-21)26-22(28)14-33-20-10-9-18(24(25)29)13-19(20)27(30)31/h3-11,13,15,23H,12,14H2,1-2H3,(H2,25,29)(H,26,28). The molecule has 0 aliphatic carbocycles. The Bertz CT molecular complexity index is 1130. The summed E-state index contributed by atoms with van der Waals surface area (Å²) in [6, 6.07) is 15.8. The zero-order valence-electron chi connectivity index (χ0n) is 18.3. The number of hydrogen-bond donors (Lipinski definition) is 2. The zero-order valence-corrected chi connectivity index (χ0v) is 19.9. The molecule has 0 aliphatic rings. The molecule has 9 heteroatoms. The third kappa shape index (κ3) is 6.66. The van der Waals surface area contributed by atoms with E-state index in [1.165, 1.54) is 17.7 Å². The number of thiophene rings is 1. The van der Waals surface area contributed by atoms with Crippen LogP contribution in [0.5, 0.6) is 0 Å². The Hall–Kier alpha value is -3.17. The van der Waals surface area contributed by atoms with Gasteiger partial charge in [0.25, 0.3) is 5.69 Å². The summed E-state index contributed by atoms with van der Waals surface area (Å²) in [6.45, 7) is 4.35. The fraction of sp³-hybridized carbons (Fsp3) is 0.250. The van der Waals surface area contributed by atoms with Gasteiger partial charge in [0.2, 0.25) is 11.8 Å². The molecule has 1 atom stereocenters. The Labute approximate surface area is 200 Å². The van der Waals surface area contributed by atoms with E-state index in [4.69, 9.17) is 5.73 Å². The molecule has 0 saturated heterocycles. The molecular weight excluding hydrogens is 458 g/mol. The maximum atomic E-state index is 12.8. The molecule has 0 bridgehead atoms. The Morgan fingerprint density at radius 1 is 1.15 bits per heavy atom. The number of carbonyl (C=O) groups excluding carboxylic acids is 2. The molecule has 1 unspecified atom stereocenters. The van der Waals surface area contributed by atoms with Crippen molar-refractivity contribution in [1.29, 1.82) is 0 Å². The lowest BCUT2D eigenvalue weighted by Gasteiger charge is -2.19. The van der Waals surface area contributed by atoms with Crippen molar-refractivity contribution in [2.75, 3.05) is 5.75 Å². The van der Waals surface area contributed by atoms with Gasteiger partial charge in [0.05, 0.1) is 21.6 Å². The van der Waals surface area contributed by atoms with Crippen LogP contribution >= 0.6 is 23.1 Å². The van der Waals surface area contributed by atoms with Crippen molar-refractivity contribution >= 4 is 40.6 Å². The molecule has 3 N–H and O–H groups in total. The highest BCUT2D eigenvalue weighted by Gasteiger charge is 2.21. The molecule has 0 aliphatic heterocycles. The predicted molar refractivity (Wildman–Crippen MR) is 132 cm³/mol. The van der Waals surface area contributed by atoms with Gasteiger partial charge < -0.3 is 11.1 Å². The first-order valence-electron chi connectivity index (χ1n) is 10.4. The molecule has 33 heavy (non-hydrogen) atoms. The lowest BCUT2D eigenvalue weighted by molar-refractivity contribution is -0.387. The highest BCUT2D eigenvalue weighted by Crippen LogP contribution is 2.31. The number of nitrogens with two attached hydrogens (primary N) is 1. The summed E-state index contributed by atoms with van der Waals surface area (Å²) in [5.74, 6) is -0.449. The summed E-state index contributed by atoms with van der Waals surface area (Å²) in [6.07, 6.45) is 0.986. The minimum Gasteiger partial charge on any atom is -0.366 e. The van der Waals surface area contributed by atoms with Crippen LogP contribution in [0.3, 0.4) is 0 Å². The van der Waals surface area contributed by atoms with Gasteiger partial charge in [-0.15, -0.1) is 23.1 Å². The molecule has 7 nitrogen and oxygen atoms in total. The Balaban J connectivity index is 1.74. The van der Waals surface area contributed by atoms with Crippen LogP contribution in [0.4, 0.5) is 5.69 Å². The number of thioether (sulfide) groups is 1. The van der Waals surface area contributed by atoms with E-state index in [2.05, 4.69) is 31.3 Å². The van der Waals surface area contributed by atoms with Crippen LogP contribution in [0.1, 0.15) is 46.3 Å². The van der Waals surface area contributed by atoms with Crippen molar-refractivity contribution < 1.29 is 14.5 Å². The largest absolute Gasteiger partial charge is 0.366 e. The van der Waals surface area contributed by atoms with Gasteiger partial charge in [0.1, 0.15) is 0 Å². The number of benzene rings is 2. The lowest BCUT2D eigenvalue weighted by atomic mass is 9.99. The first-order valence-corrected chi connectivity index (χ1v) is 12.2. The second-order valence-corrected chi connectivity index (χ2v) is 9.94.